The van der Waals surface area contributed by atoms with Gasteiger partial charge >= 0.3 is 0 Å². The van der Waals surface area contributed by atoms with Crippen LogP contribution in [-0.4, -0.2) is 7.05 Å². The molecule has 0 saturated heterocycles. The largest absolute Gasteiger partial charge is 0.469 e. The number of rotatable bonds is 4. The Labute approximate surface area is 106 Å². The molecule has 1 aromatic carbocycles. The Bertz CT molecular complexity index is 536. The summed E-state index contributed by atoms with van der Waals surface area (Å²) >= 11 is 0. The van der Waals surface area contributed by atoms with Crippen molar-refractivity contribution in [2.75, 3.05) is 11.9 Å². The monoisotopic (exact) mass is 248 g/mol. The highest BCUT2D eigenvalue weighted by Gasteiger charge is 2.13. The first kappa shape index (κ1) is 12.6. The topological polar surface area (TPSA) is 42.4 Å². The lowest BCUT2D eigenvalue weighted by Gasteiger charge is -2.22. The van der Waals surface area contributed by atoms with E-state index in [0.717, 1.165) is 16.9 Å². The molecule has 96 valence electrons. The molecule has 0 amide bonds. The summed E-state index contributed by atoms with van der Waals surface area (Å²) in [5, 5.41) is 0. The van der Waals surface area contributed by atoms with Gasteiger partial charge < -0.3 is 15.1 Å². The number of para-hydroxylation sites is 1. The number of nitrogens with zero attached hydrogens (tertiary/aromatic N) is 1. The zero-order valence-electron chi connectivity index (χ0n) is 10.6. The molecule has 0 aliphatic carbocycles. The Morgan fingerprint density at radius 3 is 2.67 bits per heavy atom. The molecule has 2 rings (SSSR count). The molecule has 0 spiro atoms. The van der Waals surface area contributed by atoms with Crippen LogP contribution in [0.3, 0.4) is 0 Å². The number of aryl methyl sites for hydroxylation is 1. The Morgan fingerprint density at radius 2 is 2.06 bits per heavy atom. The maximum atomic E-state index is 13.9. The SMILES string of the molecule is Cc1occc1CN(C)c1c(F)cccc1CN. The van der Waals surface area contributed by atoms with Crippen LogP contribution >= 0.6 is 0 Å². The normalized spacial score (nSPS) is 10.7. The van der Waals surface area contributed by atoms with Crippen molar-refractivity contribution in [1.82, 2.24) is 0 Å². The second-order valence-electron chi connectivity index (χ2n) is 4.31. The van der Waals surface area contributed by atoms with Gasteiger partial charge in [-0.15, -0.1) is 0 Å². The molecule has 2 aromatic rings. The van der Waals surface area contributed by atoms with E-state index < -0.39 is 0 Å². The van der Waals surface area contributed by atoms with Gasteiger partial charge in [0.2, 0.25) is 0 Å². The molecule has 3 nitrogen and oxygen atoms in total. The molecule has 1 aromatic heterocycles. The number of furan rings is 1. The molecule has 0 radical (unpaired) electrons. The number of hydrogen-bond acceptors (Lipinski definition) is 3. The minimum atomic E-state index is -0.249. The summed E-state index contributed by atoms with van der Waals surface area (Å²) in [7, 11) is 1.85. The van der Waals surface area contributed by atoms with Crippen LogP contribution in [0.1, 0.15) is 16.9 Å². The predicted octanol–water partition coefficient (Wildman–Crippen LogP) is 2.82. The van der Waals surface area contributed by atoms with Crippen LogP contribution in [0, 0.1) is 12.7 Å². The number of hydrogen-bond donors (Lipinski definition) is 1. The maximum absolute atomic E-state index is 13.9. The molecular weight excluding hydrogens is 231 g/mol. The molecule has 0 atom stereocenters. The van der Waals surface area contributed by atoms with E-state index in [1.807, 2.05) is 31.0 Å². The van der Waals surface area contributed by atoms with E-state index in [4.69, 9.17) is 10.2 Å². The van der Waals surface area contributed by atoms with Gasteiger partial charge in [-0.3, -0.25) is 0 Å². The second kappa shape index (κ2) is 5.23. The molecule has 0 unspecified atom stereocenters. The van der Waals surface area contributed by atoms with Gasteiger partial charge in [-0.05, 0) is 24.6 Å². The summed E-state index contributed by atoms with van der Waals surface area (Å²) in [6.07, 6.45) is 1.64. The number of nitrogens with two attached hydrogens (primary N) is 1. The van der Waals surface area contributed by atoms with Crippen molar-refractivity contribution in [3.05, 3.63) is 53.2 Å². The van der Waals surface area contributed by atoms with Crippen LogP contribution in [0.15, 0.2) is 34.9 Å². The fourth-order valence-corrected chi connectivity index (χ4v) is 2.06. The summed E-state index contributed by atoms with van der Waals surface area (Å²) in [5.41, 5.74) is 8.05. The second-order valence-corrected chi connectivity index (χ2v) is 4.31. The van der Waals surface area contributed by atoms with Crippen molar-refractivity contribution >= 4 is 5.69 Å². The quantitative estimate of drug-likeness (QED) is 0.904. The highest BCUT2D eigenvalue weighted by molar-refractivity contribution is 5.54. The molecule has 1 heterocycles. The Kier molecular flexibility index (Phi) is 3.67. The van der Waals surface area contributed by atoms with E-state index in [1.54, 1.807) is 12.3 Å². The van der Waals surface area contributed by atoms with Crippen molar-refractivity contribution in [2.24, 2.45) is 5.73 Å². The molecule has 18 heavy (non-hydrogen) atoms. The third-order valence-electron chi connectivity index (χ3n) is 3.05. The summed E-state index contributed by atoms with van der Waals surface area (Å²) in [6.45, 7) is 2.81. The average Bonchev–Trinajstić information content (AvgIpc) is 2.74. The van der Waals surface area contributed by atoms with Crippen LogP contribution in [-0.2, 0) is 13.1 Å². The number of halogens is 1. The third kappa shape index (κ3) is 2.38. The Balaban J connectivity index is 2.29. The van der Waals surface area contributed by atoms with E-state index in [0.29, 0.717) is 18.8 Å². The molecule has 4 heteroatoms. The zero-order valence-corrected chi connectivity index (χ0v) is 10.6. The molecule has 0 saturated carbocycles. The number of benzene rings is 1. The Hall–Kier alpha value is -1.81. The number of anilines is 1. The van der Waals surface area contributed by atoms with Crippen LogP contribution < -0.4 is 10.6 Å². The van der Waals surface area contributed by atoms with Crippen molar-refractivity contribution in [2.45, 2.75) is 20.0 Å². The van der Waals surface area contributed by atoms with Crippen LogP contribution in [0.2, 0.25) is 0 Å². The lowest BCUT2D eigenvalue weighted by atomic mass is 10.1. The first-order valence-electron chi connectivity index (χ1n) is 5.85. The van der Waals surface area contributed by atoms with Gasteiger partial charge in [0.15, 0.2) is 0 Å². The first-order valence-corrected chi connectivity index (χ1v) is 5.85. The molecular formula is C14H17FN2O. The van der Waals surface area contributed by atoms with Gasteiger partial charge in [0.25, 0.3) is 0 Å². The smallest absolute Gasteiger partial charge is 0.146 e. The van der Waals surface area contributed by atoms with Crippen molar-refractivity contribution in [3.8, 4) is 0 Å². The molecule has 0 fully saturated rings. The van der Waals surface area contributed by atoms with Crippen molar-refractivity contribution < 1.29 is 8.81 Å². The van der Waals surface area contributed by atoms with Gasteiger partial charge in [-0.2, -0.15) is 0 Å². The third-order valence-corrected chi connectivity index (χ3v) is 3.05. The minimum absolute atomic E-state index is 0.249. The summed E-state index contributed by atoms with van der Waals surface area (Å²) in [5.74, 6) is 0.606. The fourth-order valence-electron chi connectivity index (χ4n) is 2.06. The van der Waals surface area contributed by atoms with Crippen LogP contribution in [0.4, 0.5) is 10.1 Å². The van der Waals surface area contributed by atoms with Crippen molar-refractivity contribution in [1.29, 1.82) is 0 Å². The van der Waals surface area contributed by atoms with Crippen LogP contribution in [0.5, 0.6) is 0 Å². The van der Waals surface area contributed by atoms with E-state index >= 15 is 0 Å². The van der Waals surface area contributed by atoms with E-state index in [9.17, 15) is 4.39 Å². The Morgan fingerprint density at radius 1 is 1.28 bits per heavy atom. The van der Waals surface area contributed by atoms with Gasteiger partial charge in [-0.1, -0.05) is 12.1 Å². The highest BCUT2D eigenvalue weighted by atomic mass is 19.1. The van der Waals surface area contributed by atoms with E-state index in [1.165, 1.54) is 6.07 Å². The molecule has 0 bridgehead atoms. The average molecular weight is 248 g/mol. The van der Waals surface area contributed by atoms with Crippen molar-refractivity contribution in [3.63, 3.8) is 0 Å². The fraction of sp³-hybridized carbons (Fsp3) is 0.286. The standard InChI is InChI=1S/C14H17FN2O/c1-10-12(6-7-18-10)9-17(2)14-11(8-16)4-3-5-13(14)15/h3-7H,8-9,16H2,1-2H3. The van der Waals surface area contributed by atoms with Gasteiger partial charge in [-0.25, -0.2) is 4.39 Å². The first-order chi connectivity index (χ1) is 8.63. The molecule has 0 aliphatic heterocycles. The summed E-state index contributed by atoms with van der Waals surface area (Å²) < 4.78 is 19.1. The lowest BCUT2D eigenvalue weighted by Crippen LogP contribution is -2.20. The van der Waals surface area contributed by atoms with Gasteiger partial charge in [0.05, 0.1) is 12.0 Å². The van der Waals surface area contributed by atoms with Gasteiger partial charge in [0, 0.05) is 25.7 Å². The predicted molar refractivity (Wildman–Crippen MR) is 69.8 cm³/mol. The van der Waals surface area contributed by atoms with E-state index in [2.05, 4.69) is 0 Å². The van der Waals surface area contributed by atoms with Crippen LogP contribution in [0.25, 0.3) is 0 Å². The molecule has 0 aliphatic rings. The highest BCUT2D eigenvalue weighted by Crippen LogP contribution is 2.25. The maximum Gasteiger partial charge on any atom is 0.146 e. The van der Waals surface area contributed by atoms with E-state index in [-0.39, 0.29) is 5.82 Å². The minimum Gasteiger partial charge on any atom is -0.469 e. The summed E-state index contributed by atoms with van der Waals surface area (Å²) in [6, 6.07) is 6.87. The molecule has 2 N–H and O–H groups in total. The summed E-state index contributed by atoms with van der Waals surface area (Å²) in [4.78, 5) is 1.86. The lowest BCUT2D eigenvalue weighted by molar-refractivity contribution is 0.529. The zero-order chi connectivity index (χ0) is 13.1. The van der Waals surface area contributed by atoms with Gasteiger partial charge in [0.1, 0.15) is 11.6 Å².